The van der Waals surface area contributed by atoms with Gasteiger partial charge in [0, 0.05) is 16.8 Å². The molecule has 0 amide bonds. The van der Waals surface area contributed by atoms with Crippen molar-refractivity contribution in [1.82, 2.24) is 4.98 Å². The van der Waals surface area contributed by atoms with Crippen molar-refractivity contribution in [3.05, 3.63) is 39.7 Å². The Labute approximate surface area is 70.4 Å². The van der Waals surface area contributed by atoms with Crippen LogP contribution in [0.1, 0.15) is 11.3 Å². The minimum Gasteiger partial charge on any atom is -0.265 e. The van der Waals surface area contributed by atoms with Crippen molar-refractivity contribution in [2.75, 3.05) is 6.54 Å². The zero-order valence-corrected chi connectivity index (χ0v) is 6.86. The van der Waals surface area contributed by atoms with E-state index in [9.17, 15) is 10.1 Å². The van der Waals surface area contributed by atoms with E-state index in [0.29, 0.717) is 6.42 Å². The molecule has 0 saturated carbocycles. The molecule has 4 nitrogen and oxygen atoms in total. The molecule has 0 radical (unpaired) electrons. The molecule has 12 heavy (non-hydrogen) atoms. The molecule has 1 heterocycles. The monoisotopic (exact) mass is 166 g/mol. The number of rotatable bonds is 3. The Kier molecular flexibility index (Phi) is 2.74. The summed E-state index contributed by atoms with van der Waals surface area (Å²) in [5, 5.41) is 10.0. The van der Waals surface area contributed by atoms with Crippen LogP contribution in [-0.2, 0) is 6.42 Å². The summed E-state index contributed by atoms with van der Waals surface area (Å²) in [6.07, 6.45) is 2.13. The van der Waals surface area contributed by atoms with Gasteiger partial charge in [-0.05, 0) is 18.6 Å². The average molecular weight is 166 g/mol. The lowest BCUT2D eigenvalue weighted by Crippen LogP contribution is -2.05. The van der Waals surface area contributed by atoms with Crippen LogP contribution in [-0.4, -0.2) is 16.5 Å². The SMILES string of the molecule is Cc1ccc(CC[N+](=O)[O-])nc1. The highest BCUT2D eigenvalue weighted by Crippen LogP contribution is 1.98. The number of hydrogen-bond donors (Lipinski definition) is 0. The smallest absolute Gasteiger partial charge is 0.209 e. The van der Waals surface area contributed by atoms with Gasteiger partial charge in [-0.2, -0.15) is 0 Å². The van der Waals surface area contributed by atoms with E-state index in [2.05, 4.69) is 4.98 Å². The lowest BCUT2D eigenvalue weighted by molar-refractivity contribution is -0.479. The molecule has 0 aliphatic rings. The van der Waals surface area contributed by atoms with Gasteiger partial charge in [0.2, 0.25) is 6.54 Å². The number of hydrogen-bond acceptors (Lipinski definition) is 3. The summed E-state index contributed by atoms with van der Waals surface area (Å²) in [7, 11) is 0. The van der Waals surface area contributed by atoms with Crippen molar-refractivity contribution in [2.24, 2.45) is 0 Å². The van der Waals surface area contributed by atoms with E-state index < -0.39 is 0 Å². The largest absolute Gasteiger partial charge is 0.265 e. The fraction of sp³-hybridized carbons (Fsp3) is 0.375. The third-order valence-electron chi connectivity index (χ3n) is 1.52. The fourth-order valence-electron chi connectivity index (χ4n) is 0.852. The Morgan fingerprint density at radius 2 is 2.33 bits per heavy atom. The molecule has 64 valence electrons. The van der Waals surface area contributed by atoms with Crippen LogP contribution >= 0.6 is 0 Å². The summed E-state index contributed by atoms with van der Waals surface area (Å²) in [6, 6.07) is 3.72. The Bertz CT molecular complexity index is 269. The third-order valence-corrected chi connectivity index (χ3v) is 1.52. The summed E-state index contributed by atoms with van der Waals surface area (Å²) in [5.41, 5.74) is 1.84. The second-order valence-corrected chi connectivity index (χ2v) is 2.63. The number of nitrogens with zero attached hydrogens (tertiary/aromatic N) is 2. The average Bonchev–Trinajstić information content (AvgIpc) is 2.03. The summed E-state index contributed by atoms with van der Waals surface area (Å²) in [4.78, 5) is 13.7. The molecule has 4 heteroatoms. The van der Waals surface area contributed by atoms with Crippen molar-refractivity contribution < 1.29 is 4.92 Å². The van der Waals surface area contributed by atoms with E-state index in [1.807, 2.05) is 19.1 Å². The Morgan fingerprint density at radius 3 is 2.83 bits per heavy atom. The molecule has 0 atom stereocenters. The van der Waals surface area contributed by atoms with Crippen molar-refractivity contribution in [3.8, 4) is 0 Å². The van der Waals surface area contributed by atoms with Crippen LogP contribution < -0.4 is 0 Å². The minimum atomic E-state index is -0.332. The fourth-order valence-corrected chi connectivity index (χ4v) is 0.852. The normalized spacial score (nSPS) is 9.75. The summed E-state index contributed by atoms with van der Waals surface area (Å²) >= 11 is 0. The van der Waals surface area contributed by atoms with Gasteiger partial charge in [-0.25, -0.2) is 0 Å². The highest BCUT2D eigenvalue weighted by Gasteiger charge is 1.99. The molecule has 0 spiro atoms. The standard InChI is InChI=1S/C8H10N2O2/c1-7-2-3-8(9-6-7)4-5-10(11)12/h2-3,6H,4-5H2,1H3. The summed E-state index contributed by atoms with van der Waals surface area (Å²) < 4.78 is 0. The molecule has 0 fully saturated rings. The van der Waals surface area contributed by atoms with Gasteiger partial charge in [0.25, 0.3) is 0 Å². The van der Waals surface area contributed by atoms with Crippen LogP contribution in [0.2, 0.25) is 0 Å². The van der Waals surface area contributed by atoms with E-state index in [1.54, 1.807) is 6.20 Å². The molecule has 0 aromatic carbocycles. The van der Waals surface area contributed by atoms with Crippen molar-refractivity contribution in [3.63, 3.8) is 0 Å². The predicted molar refractivity (Wildman–Crippen MR) is 44.5 cm³/mol. The predicted octanol–water partition coefficient (Wildman–Crippen LogP) is 1.21. The van der Waals surface area contributed by atoms with Crippen molar-refractivity contribution in [1.29, 1.82) is 0 Å². The van der Waals surface area contributed by atoms with Gasteiger partial charge in [-0.1, -0.05) is 6.07 Å². The molecule has 0 saturated heterocycles. The first-order chi connectivity index (χ1) is 5.68. The van der Waals surface area contributed by atoms with Crippen LogP contribution in [0, 0.1) is 17.0 Å². The molecular formula is C8H10N2O2. The maximum absolute atomic E-state index is 10.0. The van der Waals surface area contributed by atoms with Crippen LogP contribution in [0.3, 0.4) is 0 Å². The first kappa shape index (κ1) is 8.64. The second kappa shape index (κ2) is 3.80. The third kappa shape index (κ3) is 2.65. The van der Waals surface area contributed by atoms with Gasteiger partial charge in [-0.3, -0.25) is 15.1 Å². The van der Waals surface area contributed by atoms with Crippen molar-refractivity contribution in [2.45, 2.75) is 13.3 Å². The summed E-state index contributed by atoms with van der Waals surface area (Å²) in [6.45, 7) is 1.89. The van der Waals surface area contributed by atoms with Crippen LogP contribution in [0.5, 0.6) is 0 Å². The molecule has 1 rings (SSSR count). The van der Waals surface area contributed by atoms with Gasteiger partial charge in [0.1, 0.15) is 0 Å². The number of aromatic nitrogens is 1. The van der Waals surface area contributed by atoms with Crippen LogP contribution in [0.25, 0.3) is 0 Å². The molecule has 0 aliphatic heterocycles. The van der Waals surface area contributed by atoms with Crippen LogP contribution in [0.15, 0.2) is 18.3 Å². The van der Waals surface area contributed by atoms with Gasteiger partial charge >= 0.3 is 0 Å². The molecule has 0 bridgehead atoms. The molecule has 0 aliphatic carbocycles. The molecule has 0 unspecified atom stereocenters. The van der Waals surface area contributed by atoms with E-state index >= 15 is 0 Å². The molecule has 1 aromatic rings. The topological polar surface area (TPSA) is 56.0 Å². The highest BCUT2D eigenvalue weighted by molar-refractivity contribution is 5.12. The van der Waals surface area contributed by atoms with E-state index in [0.717, 1.165) is 11.3 Å². The lowest BCUT2D eigenvalue weighted by Gasteiger charge is -1.96. The Hall–Kier alpha value is -1.45. The molecule has 0 N–H and O–H groups in total. The van der Waals surface area contributed by atoms with Gasteiger partial charge < -0.3 is 0 Å². The lowest BCUT2D eigenvalue weighted by atomic mass is 10.2. The maximum atomic E-state index is 10.0. The zero-order chi connectivity index (χ0) is 8.97. The Morgan fingerprint density at radius 1 is 1.58 bits per heavy atom. The summed E-state index contributed by atoms with van der Waals surface area (Å²) in [5.74, 6) is 0. The number of aryl methyl sites for hydroxylation is 1. The first-order valence-corrected chi connectivity index (χ1v) is 3.72. The van der Waals surface area contributed by atoms with E-state index in [1.165, 1.54) is 0 Å². The van der Waals surface area contributed by atoms with Crippen LogP contribution in [0.4, 0.5) is 0 Å². The first-order valence-electron chi connectivity index (χ1n) is 3.72. The molecule has 1 aromatic heterocycles. The molecular weight excluding hydrogens is 156 g/mol. The highest BCUT2D eigenvalue weighted by atomic mass is 16.6. The van der Waals surface area contributed by atoms with Gasteiger partial charge in [0.15, 0.2) is 0 Å². The minimum absolute atomic E-state index is 0.0456. The van der Waals surface area contributed by atoms with Gasteiger partial charge in [-0.15, -0.1) is 0 Å². The quantitative estimate of drug-likeness (QED) is 0.501. The number of nitro groups is 1. The maximum Gasteiger partial charge on any atom is 0.209 e. The van der Waals surface area contributed by atoms with E-state index in [-0.39, 0.29) is 11.5 Å². The second-order valence-electron chi connectivity index (χ2n) is 2.63. The van der Waals surface area contributed by atoms with Crippen molar-refractivity contribution >= 4 is 0 Å². The number of pyridine rings is 1. The zero-order valence-electron chi connectivity index (χ0n) is 6.86. The Balaban J connectivity index is 2.53. The van der Waals surface area contributed by atoms with E-state index in [4.69, 9.17) is 0 Å². The van der Waals surface area contributed by atoms with Gasteiger partial charge in [0.05, 0.1) is 6.42 Å².